The summed E-state index contributed by atoms with van der Waals surface area (Å²) in [6.07, 6.45) is 5.09. The van der Waals surface area contributed by atoms with Crippen molar-refractivity contribution in [3.05, 3.63) is 35.9 Å². The highest BCUT2D eigenvalue weighted by atomic mass is 19.1. The molecule has 3 nitrogen and oxygen atoms in total. The Kier molecular flexibility index (Phi) is 5.39. The minimum atomic E-state index is -1.01. The van der Waals surface area contributed by atoms with Crippen LogP contribution in [0.2, 0.25) is 0 Å². The zero-order chi connectivity index (χ0) is 17.1. The molecule has 1 aromatic rings. The lowest BCUT2D eigenvalue weighted by molar-refractivity contribution is 0.0484. The Labute approximate surface area is 151 Å². The van der Waals surface area contributed by atoms with Crippen molar-refractivity contribution in [2.45, 2.75) is 49.7 Å². The Hall–Kier alpha value is -0.970. The average molecular weight is 346 g/mol. The Morgan fingerprint density at radius 2 is 1.84 bits per heavy atom. The number of likely N-dealkylation sites (tertiary alicyclic amines) is 1. The molecule has 4 heteroatoms. The SMILES string of the molecule is FC1(CNC2CC2c2ccccc2)CCN(CC2CCNCC2)CC1. The summed E-state index contributed by atoms with van der Waals surface area (Å²) >= 11 is 0. The third kappa shape index (κ3) is 4.60. The number of nitrogens with one attached hydrogen (secondary N) is 2. The lowest BCUT2D eigenvalue weighted by atomic mass is 9.91. The first-order valence-electron chi connectivity index (χ1n) is 10.1. The van der Waals surface area contributed by atoms with E-state index in [0.717, 1.165) is 38.5 Å². The van der Waals surface area contributed by atoms with Gasteiger partial charge in [-0.15, -0.1) is 0 Å². The van der Waals surface area contributed by atoms with Gasteiger partial charge in [-0.05, 0) is 56.7 Å². The molecule has 0 aromatic heterocycles. The first-order chi connectivity index (χ1) is 12.2. The second kappa shape index (κ2) is 7.73. The summed E-state index contributed by atoms with van der Waals surface area (Å²) in [7, 11) is 0. The second-order valence-corrected chi connectivity index (χ2v) is 8.39. The highest BCUT2D eigenvalue weighted by molar-refractivity contribution is 5.27. The summed E-state index contributed by atoms with van der Waals surface area (Å²) in [6, 6.07) is 11.1. The van der Waals surface area contributed by atoms with Crippen LogP contribution in [0.4, 0.5) is 4.39 Å². The fourth-order valence-corrected chi connectivity index (χ4v) is 4.55. The van der Waals surface area contributed by atoms with Crippen LogP contribution in [0.1, 0.15) is 43.6 Å². The molecule has 4 rings (SSSR count). The molecule has 0 spiro atoms. The molecule has 0 bridgehead atoms. The Bertz CT molecular complexity index is 535. The molecule has 138 valence electrons. The number of halogens is 1. The smallest absolute Gasteiger partial charge is 0.125 e. The van der Waals surface area contributed by atoms with Crippen LogP contribution in [0.5, 0.6) is 0 Å². The summed E-state index contributed by atoms with van der Waals surface area (Å²) in [5.41, 5.74) is 0.388. The molecular formula is C21H32FN3. The molecule has 3 fully saturated rings. The minimum Gasteiger partial charge on any atom is -0.317 e. The van der Waals surface area contributed by atoms with E-state index in [1.165, 1.54) is 24.9 Å². The van der Waals surface area contributed by atoms with E-state index in [-0.39, 0.29) is 0 Å². The van der Waals surface area contributed by atoms with E-state index in [2.05, 4.69) is 45.9 Å². The molecule has 1 aliphatic carbocycles. The van der Waals surface area contributed by atoms with Gasteiger partial charge in [0.1, 0.15) is 5.67 Å². The molecule has 2 heterocycles. The van der Waals surface area contributed by atoms with Gasteiger partial charge in [-0.3, -0.25) is 0 Å². The van der Waals surface area contributed by atoms with Crippen molar-refractivity contribution < 1.29 is 4.39 Å². The van der Waals surface area contributed by atoms with Crippen molar-refractivity contribution in [2.24, 2.45) is 5.92 Å². The molecule has 25 heavy (non-hydrogen) atoms. The van der Waals surface area contributed by atoms with Gasteiger partial charge in [0.05, 0.1) is 0 Å². The maximum Gasteiger partial charge on any atom is 0.125 e. The highest BCUT2D eigenvalue weighted by Gasteiger charge is 2.41. The summed E-state index contributed by atoms with van der Waals surface area (Å²) in [5.74, 6) is 1.40. The van der Waals surface area contributed by atoms with Gasteiger partial charge in [0, 0.05) is 38.1 Å². The number of rotatable bonds is 6. The number of piperidine rings is 2. The number of hydrogen-bond acceptors (Lipinski definition) is 3. The van der Waals surface area contributed by atoms with Crippen LogP contribution in [-0.2, 0) is 0 Å². The number of alkyl halides is 1. The normalized spacial score (nSPS) is 30.3. The molecule has 1 saturated carbocycles. The molecule has 2 unspecified atom stereocenters. The van der Waals surface area contributed by atoms with E-state index in [9.17, 15) is 0 Å². The number of nitrogens with zero attached hydrogens (tertiary/aromatic N) is 1. The van der Waals surface area contributed by atoms with Gasteiger partial charge in [0.25, 0.3) is 0 Å². The second-order valence-electron chi connectivity index (χ2n) is 8.39. The van der Waals surface area contributed by atoms with Gasteiger partial charge in [0.15, 0.2) is 0 Å². The summed E-state index contributed by atoms with van der Waals surface area (Å²) in [6.45, 7) is 5.86. The van der Waals surface area contributed by atoms with Crippen LogP contribution in [0.15, 0.2) is 30.3 Å². The van der Waals surface area contributed by atoms with Crippen LogP contribution in [0.3, 0.4) is 0 Å². The summed E-state index contributed by atoms with van der Waals surface area (Å²) < 4.78 is 15.1. The van der Waals surface area contributed by atoms with Gasteiger partial charge < -0.3 is 15.5 Å². The van der Waals surface area contributed by atoms with Crippen molar-refractivity contribution in [1.82, 2.24) is 15.5 Å². The topological polar surface area (TPSA) is 27.3 Å². The van der Waals surface area contributed by atoms with E-state index in [1.54, 1.807) is 0 Å². The van der Waals surface area contributed by atoms with Gasteiger partial charge in [0.2, 0.25) is 0 Å². The lowest BCUT2D eigenvalue weighted by Crippen LogP contribution is -2.49. The molecule has 3 aliphatic rings. The lowest BCUT2D eigenvalue weighted by Gasteiger charge is -2.38. The molecule has 0 radical (unpaired) electrons. The van der Waals surface area contributed by atoms with Crippen LogP contribution >= 0.6 is 0 Å². The van der Waals surface area contributed by atoms with Crippen LogP contribution < -0.4 is 10.6 Å². The fourth-order valence-electron chi connectivity index (χ4n) is 4.55. The van der Waals surface area contributed by atoms with Crippen molar-refractivity contribution in [3.8, 4) is 0 Å². The molecule has 0 amide bonds. The number of benzene rings is 1. The fraction of sp³-hybridized carbons (Fsp3) is 0.714. The van der Waals surface area contributed by atoms with Gasteiger partial charge in [-0.2, -0.15) is 0 Å². The van der Waals surface area contributed by atoms with Gasteiger partial charge >= 0.3 is 0 Å². The Balaban J connectivity index is 1.18. The van der Waals surface area contributed by atoms with Crippen LogP contribution in [0, 0.1) is 5.92 Å². The quantitative estimate of drug-likeness (QED) is 0.830. The summed E-state index contributed by atoms with van der Waals surface area (Å²) in [4.78, 5) is 2.50. The zero-order valence-electron chi connectivity index (χ0n) is 15.2. The van der Waals surface area contributed by atoms with Crippen molar-refractivity contribution in [3.63, 3.8) is 0 Å². The van der Waals surface area contributed by atoms with Crippen molar-refractivity contribution >= 4 is 0 Å². The maximum atomic E-state index is 15.1. The molecule has 2 N–H and O–H groups in total. The van der Waals surface area contributed by atoms with Gasteiger partial charge in [-0.25, -0.2) is 4.39 Å². The van der Waals surface area contributed by atoms with Crippen molar-refractivity contribution in [2.75, 3.05) is 39.3 Å². The van der Waals surface area contributed by atoms with Crippen molar-refractivity contribution in [1.29, 1.82) is 0 Å². The molecule has 2 atom stereocenters. The first kappa shape index (κ1) is 17.4. The molecular weight excluding hydrogens is 313 g/mol. The van der Waals surface area contributed by atoms with E-state index < -0.39 is 5.67 Å². The standard InChI is InChI=1S/C21H32FN3/c22-21(16-24-20-14-19(20)18-4-2-1-3-5-18)8-12-25(13-9-21)15-17-6-10-23-11-7-17/h1-5,17,19-20,23-24H,6-16H2. The predicted molar refractivity (Wildman–Crippen MR) is 101 cm³/mol. The Morgan fingerprint density at radius 3 is 2.56 bits per heavy atom. The van der Waals surface area contributed by atoms with E-state index in [4.69, 9.17) is 0 Å². The van der Waals surface area contributed by atoms with Crippen LogP contribution in [-0.4, -0.2) is 55.9 Å². The maximum absolute atomic E-state index is 15.1. The number of hydrogen-bond donors (Lipinski definition) is 2. The Morgan fingerprint density at radius 1 is 1.12 bits per heavy atom. The van der Waals surface area contributed by atoms with E-state index >= 15 is 4.39 Å². The van der Waals surface area contributed by atoms with Crippen LogP contribution in [0.25, 0.3) is 0 Å². The van der Waals surface area contributed by atoms with E-state index in [0.29, 0.717) is 31.3 Å². The first-order valence-corrected chi connectivity index (χ1v) is 10.1. The average Bonchev–Trinajstić information content (AvgIpc) is 3.44. The van der Waals surface area contributed by atoms with Gasteiger partial charge in [-0.1, -0.05) is 30.3 Å². The largest absolute Gasteiger partial charge is 0.317 e. The molecule has 1 aromatic carbocycles. The third-order valence-electron chi connectivity index (χ3n) is 6.43. The molecule has 2 aliphatic heterocycles. The molecule has 2 saturated heterocycles. The predicted octanol–water partition coefficient (Wildman–Crippen LogP) is 2.94. The van der Waals surface area contributed by atoms with E-state index in [1.807, 2.05) is 0 Å². The zero-order valence-corrected chi connectivity index (χ0v) is 15.2. The highest BCUT2D eigenvalue weighted by Crippen LogP contribution is 2.41. The monoisotopic (exact) mass is 345 g/mol. The summed E-state index contributed by atoms with van der Waals surface area (Å²) in [5, 5.41) is 6.94. The third-order valence-corrected chi connectivity index (χ3v) is 6.43. The minimum absolute atomic E-state index is 0.475.